The van der Waals surface area contributed by atoms with E-state index in [0.29, 0.717) is 66.6 Å². The van der Waals surface area contributed by atoms with Crippen LogP contribution in [0.25, 0.3) is 10.9 Å². The van der Waals surface area contributed by atoms with Crippen LogP contribution in [-0.2, 0) is 80.5 Å². The number of methoxy groups -OCH3 is 1. The Bertz CT molecular complexity index is 3000. The largest absolute Gasteiger partial charge is 0.496 e. The molecule has 26 nitrogen and oxygen atoms in total. The van der Waals surface area contributed by atoms with Gasteiger partial charge in [-0.1, -0.05) is 34.1 Å². The third kappa shape index (κ3) is 16.8. The highest BCUT2D eigenvalue weighted by Gasteiger charge is 2.46. The molecule has 2 saturated heterocycles. The van der Waals surface area contributed by atoms with E-state index in [4.69, 9.17) is 10.5 Å². The first-order valence-electron chi connectivity index (χ1n) is 29.9. The van der Waals surface area contributed by atoms with Gasteiger partial charge in [0.05, 0.1) is 73.5 Å². The Kier molecular flexibility index (Phi) is 23.8. The maximum Gasteiger partial charge on any atom is 0.246 e. The van der Waals surface area contributed by atoms with Crippen molar-refractivity contribution in [2.75, 3.05) is 51.4 Å². The zero-order valence-electron chi connectivity index (χ0n) is 49.9. The number of ether oxygens (including phenoxy) is 1. The molecular weight excluding hydrogens is 1170 g/mol. The number of hydrogen-bond acceptors (Lipinski definition) is 18. The molecule has 11 N–H and O–H groups in total. The number of carbonyl (C=O) groups is 12. The van der Waals surface area contributed by atoms with Crippen molar-refractivity contribution in [3.05, 3.63) is 23.3 Å². The number of ketones is 3. The molecule has 4 aliphatic heterocycles. The van der Waals surface area contributed by atoms with Crippen LogP contribution in [0.15, 0.2) is 17.2 Å². The number of aliphatic hydroxyl groups excluding tert-OH is 3. The van der Waals surface area contributed by atoms with Crippen molar-refractivity contribution >= 4 is 104 Å². The molecule has 2 unspecified atom stereocenters. The van der Waals surface area contributed by atoms with E-state index in [-0.39, 0.29) is 64.5 Å². The van der Waals surface area contributed by atoms with E-state index >= 15 is 4.21 Å². The Labute approximate surface area is 510 Å². The highest BCUT2D eigenvalue weighted by molar-refractivity contribution is 7.98. The number of aliphatic hydroxyl groups is 3. The van der Waals surface area contributed by atoms with Gasteiger partial charge in [-0.15, -0.1) is 0 Å². The SMILES string of the molecule is CC[C@H](C)[C@@H]1CC(=O)CNC(=O)[C@H]2CC(=O)[C@H]([C@@H](C)[C@@H](O)CO)NC(=O)[C@@H]3C[C@@H](O)CN3C(=O)[C@H](CC(N)=O)NC(=O)[C@H](CS(=O)c3[nH]c4c(CSCCCC(=O)C5CCC(CN6C(=O)CC(C)C6=O)CC5)c(OC)ccc4c3C2)NC(=O)CNC1=O. The number of fused-ring (bicyclic) bond motifs is 5. The van der Waals surface area contributed by atoms with E-state index in [1.165, 1.54) is 30.7 Å². The van der Waals surface area contributed by atoms with Gasteiger partial charge >= 0.3 is 0 Å². The lowest BCUT2D eigenvalue weighted by molar-refractivity contribution is -0.144. The van der Waals surface area contributed by atoms with Crippen LogP contribution < -0.4 is 37.1 Å². The normalized spacial score (nSPS) is 28.9. The predicted molar refractivity (Wildman–Crippen MR) is 316 cm³/mol. The molecule has 0 radical (unpaired) electrons. The fourth-order valence-corrected chi connectivity index (χ4v) is 14.8. The number of likely N-dealkylation sites (tertiary alicyclic amines) is 1. The quantitative estimate of drug-likeness (QED) is 0.0695. The van der Waals surface area contributed by atoms with E-state index in [0.717, 1.165) is 17.7 Å². The Hall–Kier alpha value is -6.62. The Morgan fingerprint density at radius 2 is 1.60 bits per heavy atom. The smallest absolute Gasteiger partial charge is 0.246 e. The summed E-state index contributed by atoms with van der Waals surface area (Å²) in [6, 6.07) is -3.67. The summed E-state index contributed by atoms with van der Waals surface area (Å²) in [7, 11) is -0.970. The first kappa shape index (κ1) is 67.9. The lowest BCUT2D eigenvalue weighted by Crippen LogP contribution is -2.60. The van der Waals surface area contributed by atoms with Crippen LogP contribution in [0.1, 0.15) is 116 Å². The summed E-state index contributed by atoms with van der Waals surface area (Å²) in [5, 5.41) is 44.9. The summed E-state index contributed by atoms with van der Waals surface area (Å²) in [5.74, 6) is -12.6. The molecule has 2 bridgehead atoms. The van der Waals surface area contributed by atoms with Crippen molar-refractivity contribution in [2.24, 2.45) is 47.2 Å². The number of hydrogen-bond donors (Lipinski definition) is 10. The molecular formula is C59H83N9O17S2. The van der Waals surface area contributed by atoms with E-state index in [2.05, 4.69) is 31.6 Å². The number of aromatic amines is 1. The number of primary amides is 1. The summed E-state index contributed by atoms with van der Waals surface area (Å²) in [5.41, 5.74) is 6.71. The fraction of sp³-hybridized carbons (Fsp3) is 0.661. The standard InChI is InChI=1S/C59H83N9O17S2/c1-6-29(2)38-19-35(70)22-61-53(78)34-17-39-37-13-14-47(85-5)40(27-86-15-7-8-44(72)33-11-9-32(10-12-33)24-68-50(77)16-30(3)58(68)82)52(37)66-57(39)87(84)28-42(63-49(76)23-62-54(38)79)55(80)64-41(21-48(60)75)59(83)67-25-36(71)20-43(67)56(81)65-51(45(73)18-34)31(4)46(74)26-69/h13-14,29-34,36,38,41-43,46,51,66,69,71,74H,6-12,15-28H2,1-5H3,(H2,60,75)(H,61,78)(H,62,79)(H,63,76)(H,64,80)(H,65,81)/t29-,30?,31-,32?,33?,34+,36+,38-,41-,42-,43-,46-,51-,87?/m0/s1. The lowest BCUT2D eigenvalue weighted by atomic mass is 9.79. The monoisotopic (exact) mass is 1250 g/mol. The lowest BCUT2D eigenvalue weighted by Gasteiger charge is -2.32. The van der Waals surface area contributed by atoms with Gasteiger partial charge in [-0.2, -0.15) is 11.8 Å². The van der Waals surface area contributed by atoms with E-state index in [1.807, 2.05) is 0 Å². The van der Waals surface area contributed by atoms with Gasteiger partial charge in [0, 0.05) is 91.5 Å². The summed E-state index contributed by atoms with van der Waals surface area (Å²) >= 11 is 1.47. The molecule has 1 aromatic heterocycles. The molecule has 9 amide bonds. The number of carbonyl (C=O) groups excluding carboxylic acids is 12. The number of benzene rings is 1. The number of amides is 9. The molecule has 5 aliphatic rings. The molecule has 7 rings (SSSR count). The van der Waals surface area contributed by atoms with Crippen molar-refractivity contribution in [1.29, 1.82) is 0 Å². The zero-order chi connectivity index (χ0) is 63.6. The number of imide groups is 1. The average molecular weight is 1250 g/mol. The summed E-state index contributed by atoms with van der Waals surface area (Å²) in [6.07, 6.45) is -1.55. The van der Waals surface area contributed by atoms with Gasteiger partial charge in [0.25, 0.3) is 0 Å². The predicted octanol–water partition coefficient (Wildman–Crippen LogP) is -0.652. The second-order valence-electron chi connectivity index (χ2n) is 24.0. The third-order valence-electron chi connectivity index (χ3n) is 17.8. The topological polar surface area (TPSA) is 400 Å². The Morgan fingerprint density at radius 3 is 2.25 bits per heavy atom. The molecule has 478 valence electrons. The van der Waals surface area contributed by atoms with Crippen molar-refractivity contribution in [1.82, 2.24) is 41.4 Å². The van der Waals surface area contributed by atoms with Gasteiger partial charge < -0.3 is 62.3 Å². The number of nitrogens with two attached hydrogens (primary N) is 1. The van der Waals surface area contributed by atoms with Gasteiger partial charge in [-0.3, -0.25) is 66.6 Å². The summed E-state index contributed by atoms with van der Waals surface area (Å²) in [6.45, 7) is 4.23. The fourth-order valence-electron chi connectivity index (χ4n) is 12.4. The maximum absolute atomic E-state index is 15.4. The van der Waals surface area contributed by atoms with Crippen LogP contribution in [0, 0.1) is 41.4 Å². The van der Waals surface area contributed by atoms with Crippen LogP contribution in [-0.4, -0.2) is 193 Å². The minimum atomic E-state index is -2.42. The van der Waals surface area contributed by atoms with Crippen LogP contribution in [0.2, 0.25) is 0 Å². The first-order chi connectivity index (χ1) is 41.3. The molecule has 1 saturated carbocycles. The molecule has 1 aliphatic carbocycles. The van der Waals surface area contributed by atoms with Crippen LogP contribution in [0.3, 0.4) is 0 Å². The van der Waals surface area contributed by atoms with Crippen LogP contribution >= 0.6 is 11.8 Å². The zero-order valence-corrected chi connectivity index (χ0v) is 51.5. The number of thioether (sulfide) groups is 1. The maximum atomic E-state index is 15.4. The minimum Gasteiger partial charge on any atom is -0.496 e. The van der Waals surface area contributed by atoms with Crippen molar-refractivity contribution in [3.8, 4) is 5.75 Å². The molecule has 1 aromatic carbocycles. The Balaban J connectivity index is 1.27. The van der Waals surface area contributed by atoms with Crippen molar-refractivity contribution in [3.63, 3.8) is 0 Å². The molecule has 28 heteroatoms. The molecule has 3 fully saturated rings. The number of Topliss-reactive ketones (excluding diaryl/α,β-unsaturated/α-hetero) is 3. The van der Waals surface area contributed by atoms with Gasteiger partial charge in [0.15, 0.2) is 11.6 Å². The van der Waals surface area contributed by atoms with Crippen LogP contribution in [0.4, 0.5) is 0 Å². The number of nitrogens with one attached hydrogen (secondary N) is 6. The number of rotatable bonds is 17. The van der Waals surface area contributed by atoms with E-state index in [1.54, 1.807) is 32.9 Å². The first-order valence-corrected chi connectivity index (χ1v) is 32.4. The van der Waals surface area contributed by atoms with Gasteiger partial charge in [0.2, 0.25) is 53.2 Å². The minimum absolute atomic E-state index is 0.0918. The Morgan fingerprint density at radius 1 is 0.885 bits per heavy atom. The molecule has 0 spiro atoms. The molecule has 12 atom stereocenters. The number of nitrogens with zero attached hydrogens (tertiary/aromatic N) is 2. The van der Waals surface area contributed by atoms with Gasteiger partial charge in [-0.05, 0) is 73.8 Å². The number of aromatic nitrogens is 1. The van der Waals surface area contributed by atoms with E-state index in [9.17, 15) is 72.9 Å². The summed E-state index contributed by atoms with van der Waals surface area (Å²) in [4.78, 5) is 172. The second kappa shape index (κ2) is 30.5. The number of H-pyrrole nitrogens is 1. The molecule has 5 heterocycles. The van der Waals surface area contributed by atoms with Crippen LogP contribution in [0.5, 0.6) is 5.75 Å². The van der Waals surface area contributed by atoms with Crippen molar-refractivity contribution < 1.29 is 81.8 Å². The van der Waals surface area contributed by atoms with Gasteiger partial charge in [-0.25, -0.2) is 0 Å². The third-order valence-corrected chi connectivity index (χ3v) is 20.3. The molecule has 2 aromatic rings. The average Bonchev–Trinajstić information content (AvgIpc) is 1.88. The van der Waals surface area contributed by atoms with Gasteiger partial charge in [0.1, 0.15) is 34.7 Å². The summed E-state index contributed by atoms with van der Waals surface area (Å²) < 4.78 is 21.2. The highest BCUT2D eigenvalue weighted by Crippen LogP contribution is 2.38. The van der Waals surface area contributed by atoms with E-state index < -0.39 is 181 Å². The molecule has 87 heavy (non-hydrogen) atoms. The van der Waals surface area contributed by atoms with Crippen molar-refractivity contribution in [2.45, 2.75) is 158 Å². The second-order valence-corrected chi connectivity index (χ2v) is 26.5. The highest BCUT2D eigenvalue weighted by atomic mass is 32.2.